The smallest absolute Gasteiger partial charge is 0.191 e. The maximum atomic E-state index is 5.62. The van der Waals surface area contributed by atoms with Gasteiger partial charge in [0, 0.05) is 39.4 Å². The van der Waals surface area contributed by atoms with E-state index in [4.69, 9.17) is 4.74 Å². The molecule has 1 aromatic heterocycles. The Hall–Kier alpha value is -1.35. The average Bonchev–Trinajstić information content (AvgIpc) is 2.71. The number of allylic oxidation sites excluding steroid dienone is 1. The van der Waals surface area contributed by atoms with Crippen LogP contribution in [-0.2, 0) is 11.3 Å². The van der Waals surface area contributed by atoms with Gasteiger partial charge in [-0.2, -0.15) is 0 Å². The van der Waals surface area contributed by atoms with Crippen molar-refractivity contribution >= 4 is 35.8 Å². The second-order valence-electron chi connectivity index (χ2n) is 7.36. The van der Waals surface area contributed by atoms with Crippen molar-refractivity contribution in [2.24, 2.45) is 4.99 Å². The highest BCUT2D eigenvalue weighted by molar-refractivity contribution is 14.0. The van der Waals surface area contributed by atoms with Crippen LogP contribution in [0.5, 0.6) is 0 Å². The molecule has 0 radical (unpaired) electrons. The summed E-state index contributed by atoms with van der Waals surface area (Å²) >= 11 is 0. The van der Waals surface area contributed by atoms with Gasteiger partial charge in [0.2, 0.25) is 0 Å². The molecule has 1 aromatic rings. The van der Waals surface area contributed by atoms with Gasteiger partial charge in [0.15, 0.2) is 5.96 Å². The van der Waals surface area contributed by atoms with Crippen molar-refractivity contribution in [3.05, 3.63) is 35.5 Å². The van der Waals surface area contributed by atoms with E-state index in [9.17, 15) is 0 Å². The molecule has 2 N–H and O–H groups in total. The van der Waals surface area contributed by atoms with Crippen LogP contribution >= 0.6 is 24.0 Å². The number of pyridine rings is 1. The Kier molecular flexibility index (Phi) is 10.0. The molecule has 3 rings (SSSR count). The van der Waals surface area contributed by atoms with Crippen molar-refractivity contribution in [1.29, 1.82) is 0 Å². The van der Waals surface area contributed by atoms with Gasteiger partial charge in [-0.15, -0.1) is 24.0 Å². The van der Waals surface area contributed by atoms with Crippen LogP contribution in [0.2, 0.25) is 0 Å². The highest BCUT2D eigenvalue weighted by atomic mass is 127. The minimum atomic E-state index is 0. The predicted octanol–water partition coefficient (Wildman–Crippen LogP) is 3.48. The molecule has 7 heteroatoms. The molecular weight excluding hydrogens is 465 g/mol. The predicted molar refractivity (Wildman–Crippen MR) is 127 cm³/mol. The summed E-state index contributed by atoms with van der Waals surface area (Å²) in [7, 11) is 1.82. The SMILES string of the molecule is CN=C(NCCC1=CCCCC1)NCc1ccnc(N2CCOC(C)C2)c1.I. The summed E-state index contributed by atoms with van der Waals surface area (Å²) in [6, 6.07) is 4.21. The number of aliphatic imine (C=N–C) groups is 1. The Balaban J connectivity index is 0.00000280. The number of guanidine groups is 1. The van der Waals surface area contributed by atoms with Crippen LogP contribution in [0.15, 0.2) is 35.0 Å². The molecular formula is C21H34IN5O. The fraction of sp³-hybridized carbons (Fsp3) is 0.619. The van der Waals surface area contributed by atoms with E-state index in [2.05, 4.69) is 50.6 Å². The first-order chi connectivity index (χ1) is 13.2. The van der Waals surface area contributed by atoms with Crippen LogP contribution in [-0.4, -0.2) is 50.3 Å². The van der Waals surface area contributed by atoms with E-state index in [-0.39, 0.29) is 30.1 Å². The first-order valence-corrected chi connectivity index (χ1v) is 10.2. The zero-order valence-electron chi connectivity index (χ0n) is 17.1. The van der Waals surface area contributed by atoms with Gasteiger partial charge in [-0.25, -0.2) is 4.98 Å². The monoisotopic (exact) mass is 499 g/mol. The van der Waals surface area contributed by atoms with E-state index in [1.165, 1.54) is 31.2 Å². The fourth-order valence-electron chi connectivity index (χ4n) is 3.65. The summed E-state index contributed by atoms with van der Waals surface area (Å²) < 4.78 is 5.62. The van der Waals surface area contributed by atoms with Crippen molar-refractivity contribution in [3.8, 4) is 0 Å². The molecule has 0 aromatic carbocycles. The molecule has 1 unspecified atom stereocenters. The summed E-state index contributed by atoms with van der Waals surface area (Å²) in [5.41, 5.74) is 2.79. The number of nitrogens with zero attached hydrogens (tertiary/aromatic N) is 3. The van der Waals surface area contributed by atoms with E-state index in [0.29, 0.717) is 0 Å². The lowest BCUT2D eigenvalue weighted by Crippen LogP contribution is -2.41. The van der Waals surface area contributed by atoms with Gasteiger partial charge in [-0.05, 0) is 56.7 Å². The minimum Gasteiger partial charge on any atom is -0.375 e. The maximum absolute atomic E-state index is 5.62. The number of rotatable bonds is 6. The molecule has 156 valence electrons. The maximum Gasteiger partial charge on any atom is 0.191 e. The van der Waals surface area contributed by atoms with E-state index < -0.39 is 0 Å². The molecule has 0 saturated carbocycles. The molecule has 1 saturated heterocycles. The minimum absolute atomic E-state index is 0. The Morgan fingerprint density at radius 1 is 1.36 bits per heavy atom. The summed E-state index contributed by atoms with van der Waals surface area (Å²) in [6.45, 7) is 6.32. The number of halogens is 1. The Morgan fingerprint density at radius 2 is 2.25 bits per heavy atom. The van der Waals surface area contributed by atoms with Gasteiger partial charge in [0.05, 0.1) is 12.7 Å². The Bertz CT molecular complexity index is 664. The summed E-state index contributed by atoms with van der Waals surface area (Å²) in [5, 5.41) is 6.84. The molecule has 1 fully saturated rings. The number of morpholine rings is 1. The molecule has 0 amide bonds. The van der Waals surface area contributed by atoms with Crippen molar-refractivity contribution in [1.82, 2.24) is 15.6 Å². The Morgan fingerprint density at radius 3 is 3.00 bits per heavy atom. The van der Waals surface area contributed by atoms with Crippen LogP contribution in [0.4, 0.5) is 5.82 Å². The second kappa shape index (κ2) is 12.3. The third-order valence-corrected chi connectivity index (χ3v) is 5.18. The Labute approximate surface area is 186 Å². The highest BCUT2D eigenvalue weighted by Crippen LogP contribution is 2.19. The lowest BCUT2D eigenvalue weighted by Gasteiger charge is -2.32. The van der Waals surface area contributed by atoms with Gasteiger partial charge in [-0.3, -0.25) is 4.99 Å². The topological polar surface area (TPSA) is 61.8 Å². The first-order valence-electron chi connectivity index (χ1n) is 10.2. The molecule has 2 aliphatic rings. The van der Waals surface area contributed by atoms with Gasteiger partial charge < -0.3 is 20.3 Å². The third kappa shape index (κ3) is 7.24. The summed E-state index contributed by atoms with van der Waals surface area (Å²) in [5.74, 6) is 1.88. The van der Waals surface area contributed by atoms with Crippen molar-refractivity contribution in [2.45, 2.75) is 51.7 Å². The number of nitrogens with one attached hydrogen (secondary N) is 2. The van der Waals surface area contributed by atoms with Crippen LogP contribution < -0.4 is 15.5 Å². The van der Waals surface area contributed by atoms with E-state index in [1.807, 2.05) is 13.2 Å². The summed E-state index contributed by atoms with van der Waals surface area (Å²) in [4.78, 5) is 11.2. The van der Waals surface area contributed by atoms with Crippen LogP contribution in [0.25, 0.3) is 0 Å². The molecule has 2 heterocycles. The number of aromatic nitrogens is 1. The number of hydrogen-bond acceptors (Lipinski definition) is 4. The molecule has 1 atom stereocenters. The van der Waals surface area contributed by atoms with Gasteiger partial charge in [-0.1, -0.05) is 11.6 Å². The fourth-order valence-corrected chi connectivity index (χ4v) is 3.65. The quantitative estimate of drug-likeness (QED) is 0.272. The molecule has 0 spiro atoms. The second-order valence-corrected chi connectivity index (χ2v) is 7.36. The molecule has 0 bridgehead atoms. The number of anilines is 1. The van der Waals surface area contributed by atoms with Gasteiger partial charge in [0.1, 0.15) is 5.82 Å². The van der Waals surface area contributed by atoms with Crippen molar-refractivity contribution < 1.29 is 4.74 Å². The third-order valence-electron chi connectivity index (χ3n) is 5.18. The zero-order chi connectivity index (χ0) is 18.9. The number of ether oxygens (including phenoxy) is 1. The van der Waals surface area contributed by atoms with Crippen LogP contribution in [0.1, 0.15) is 44.6 Å². The van der Waals surface area contributed by atoms with E-state index in [0.717, 1.165) is 51.0 Å². The normalized spacial score (nSPS) is 20.2. The van der Waals surface area contributed by atoms with Crippen LogP contribution in [0.3, 0.4) is 0 Å². The number of hydrogen-bond donors (Lipinski definition) is 2. The lowest BCUT2D eigenvalue weighted by atomic mass is 9.97. The van der Waals surface area contributed by atoms with Gasteiger partial charge in [0.25, 0.3) is 0 Å². The van der Waals surface area contributed by atoms with Crippen molar-refractivity contribution in [2.75, 3.05) is 38.2 Å². The van der Waals surface area contributed by atoms with Gasteiger partial charge >= 0.3 is 0 Å². The molecule has 1 aliphatic carbocycles. The molecule has 6 nitrogen and oxygen atoms in total. The van der Waals surface area contributed by atoms with E-state index in [1.54, 1.807) is 5.57 Å². The van der Waals surface area contributed by atoms with Crippen LogP contribution in [0, 0.1) is 0 Å². The van der Waals surface area contributed by atoms with Crippen molar-refractivity contribution in [3.63, 3.8) is 0 Å². The largest absolute Gasteiger partial charge is 0.375 e. The zero-order valence-corrected chi connectivity index (χ0v) is 19.4. The first kappa shape index (κ1) is 22.9. The highest BCUT2D eigenvalue weighted by Gasteiger charge is 2.18. The molecule has 1 aliphatic heterocycles. The standard InChI is InChI=1S/C21H33N5O.HI/c1-17-16-26(12-13-27-17)20-14-19(9-10-23-20)15-25-21(22-2)24-11-8-18-6-4-3-5-7-18;/h6,9-10,14,17H,3-5,7-8,11-13,15-16H2,1-2H3,(H2,22,24,25);1H. The lowest BCUT2D eigenvalue weighted by molar-refractivity contribution is 0.0529. The summed E-state index contributed by atoms with van der Waals surface area (Å²) in [6.07, 6.45) is 10.8. The molecule has 28 heavy (non-hydrogen) atoms. The van der Waals surface area contributed by atoms with E-state index >= 15 is 0 Å². The average molecular weight is 499 g/mol.